The van der Waals surface area contributed by atoms with Crippen LogP contribution in [0.25, 0.3) is 0 Å². The molecule has 0 aliphatic heterocycles. The van der Waals surface area contributed by atoms with Crippen LogP contribution in [0.2, 0.25) is 0 Å². The average Bonchev–Trinajstić information content (AvgIpc) is 1.86. The van der Waals surface area contributed by atoms with Crippen molar-refractivity contribution in [3.05, 3.63) is 0 Å². The van der Waals surface area contributed by atoms with E-state index in [4.69, 9.17) is 16.3 Å². The standard InChI is InChI=1S/C8H15ClO2/c1-3-4-5-11-8(10)6-7(2)9/h7H,3-6H2,1-2H3. The molecule has 0 aromatic carbocycles. The van der Waals surface area contributed by atoms with Crippen molar-refractivity contribution in [3.63, 3.8) is 0 Å². The van der Waals surface area contributed by atoms with E-state index in [1.54, 1.807) is 6.92 Å². The summed E-state index contributed by atoms with van der Waals surface area (Å²) < 4.78 is 4.87. The molecule has 0 rings (SSSR count). The van der Waals surface area contributed by atoms with Crippen molar-refractivity contribution in [1.82, 2.24) is 0 Å². The van der Waals surface area contributed by atoms with Crippen molar-refractivity contribution in [2.45, 2.75) is 38.5 Å². The molecule has 2 nitrogen and oxygen atoms in total. The van der Waals surface area contributed by atoms with Crippen molar-refractivity contribution in [2.24, 2.45) is 0 Å². The second-order valence-electron chi connectivity index (χ2n) is 2.56. The summed E-state index contributed by atoms with van der Waals surface area (Å²) in [5.41, 5.74) is 0. The molecule has 0 amide bonds. The summed E-state index contributed by atoms with van der Waals surface area (Å²) >= 11 is 5.58. The Morgan fingerprint density at radius 3 is 2.73 bits per heavy atom. The van der Waals surface area contributed by atoms with E-state index in [0.717, 1.165) is 12.8 Å². The minimum Gasteiger partial charge on any atom is -0.466 e. The number of hydrogen-bond donors (Lipinski definition) is 0. The Hall–Kier alpha value is -0.240. The van der Waals surface area contributed by atoms with Gasteiger partial charge in [0.15, 0.2) is 0 Å². The summed E-state index contributed by atoms with van der Waals surface area (Å²) in [6.07, 6.45) is 2.29. The van der Waals surface area contributed by atoms with Crippen molar-refractivity contribution in [2.75, 3.05) is 6.61 Å². The van der Waals surface area contributed by atoms with Gasteiger partial charge in [0, 0.05) is 5.38 Å². The quantitative estimate of drug-likeness (QED) is 0.367. The van der Waals surface area contributed by atoms with Gasteiger partial charge >= 0.3 is 5.97 Å². The molecule has 66 valence electrons. The van der Waals surface area contributed by atoms with Gasteiger partial charge in [0.25, 0.3) is 0 Å². The lowest BCUT2D eigenvalue weighted by molar-refractivity contribution is -0.143. The fourth-order valence-electron chi connectivity index (χ4n) is 0.619. The molecule has 0 radical (unpaired) electrons. The SMILES string of the molecule is CCCCOC(=O)CC(C)Cl. The summed E-state index contributed by atoms with van der Waals surface area (Å²) in [5.74, 6) is -0.194. The van der Waals surface area contributed by atoms with Gasteiger partial charge < -0.3 is 4.74 Å². The van der Waals surface area contributed by atoms with Gasteiger partial charge in [-0.3, -0.25) is 4.79 Å². The smallest absolute Gasteiger partial charge is 0.307 e. The second-order valence-corrected chi connectivity index (χ2v) is 3.30. The van der Waals surface area contributed by atoms with Gasteiger partial charge in [-0.05, 0) is 13.3 Å². The largest absolute Gasteiger partial charge is 0.466 e. The number of halogens is 1. The molecule has 1 atom stereocenters. The van der Waals surface area contributed by atoms with E-state index in [2.05, 4.69) is 6.92 Å². The van der Waals surface area contributed by atoms with Crippen LogP contribution in [0.1, 0.15) is 33.1 Å². The first-order valence-corrected chi connectivity index (χ1v) is 4.40. The Labute approximate surface area is 72.9 Å². The third-order valence-corrected chi connectivity index (χ3v) is 1.36. The van der Waals surface area contributed by atoms with Crippen molar-refractivity contribution < 1.29 is 9.53 Å². The lowest BCUT2D eigenvalue weighted by Crippen LogP contribution is -2.09. The molecular formula is C8H15ClO2. The first-order valence-electron chi connectivity index (χ1n) is 3.96. The Morgan fingerprint density at radius 2 is 2.27 bits per heavy atom. The van der Waals surface area contributed by atoms with Crippen LogP contribution in [-0.2, 0) is 9.53 Å². The summed E-state index contributed by atoms with van der Waals surface area (Å²) in [6, 6.07) is 0. The van der Waals surface area contributed by atoms with E-state index in [-0.39, 0.29) is 11.3 Å². The van der Waals surface area contributed by atoms with E-state index >= 15 is 0 Å². The molecule has 3 heteroatoms. The Morgan fingerprint density at radius 1 is 1.64 bits per heavy atom. The summed E-state index contributed by atoms with van der Waals surface area (Å²) in [4.78, 5) is 10.8. The van der Waals surface area contributed by atoms with Crippen molar-refractivity contribution in [1.29, 1.82) is 0 Å². The van der Waals surface area contributed by atoms with Gasteiger partial charge in [-0.1, -0.05) is 13.3 Å². The third kappa shape index (κ3) is 7.66. The van der Waals surface area contributed by atoms with Crippen LogP contribution in [0.5, 0.6) is 0 Å². The number of unbranched alkanes of at least 4 members (excludes halogenated alkanes) is 1. The predicted molar refractivity (Wildman–Crippen MR) is 45.8 cm³/mol. The topological polar surface area (TPSA) is 26.3 Å². The van der Waals surface area contributed by atoms with Crippen LogP contribution < -0.4 is 0 Å². The zero-order valence-corrected chi connectivity index (χ0v) is 7.86. The molecule has 0 heterocycles. The zero-order valence-electron chi connectivity index (χ0n) is 7.10. The van der Waals surface area contributed by atoms with Crippen LogP contribution in [0.3, 0.4) is 0 Å². The first-order chi connectivity index (χ1) is 5.16. The molecule has 0 aliphatic carbocycles. The molecule has 0 aromatic rings. The van der Waals surface area contributed by atoms with Crippen LogP contribution >= 0.6 is 11.6 Å². The third-order valence-electron chi connectivity index (χ3n) is 1.21. The van der Waals surface area contributed by atoms with Gasteiger partial charge in [-0.2, -0.15) is 0 Å². The molecule has 0 saturated heterocycles. The normalized spacial score (nSPS) is 12.6. The Kier molecular flexibility index (Phi) is 6.33. The number of ether oxygens (including phenoxy) is 1. The van der Waals surface area contributed by atoms with Gasteiger partial charge in [-0.25, -0.2) is 0 Å². The van der Waals surface area contributed by atoms with Gasteiger partial charge in [0.05, 0.1) is 13.0 Å². The van der Waals surface area contributed by atoms with E-state index in [1.165, 1.54) is 0 Å². The molecule has 0 saturated carbocycles. The molecule has 0 aromatic heterocycles. The Balaban J connectivity index is 3.23. The number of carbonyl (C=O) groups excluding carboxylic acids is 1. The second kappa shape index (κ2) is 6.47. The molecule has 0 bridgehead atoms. The van der Waals surface area contributed by atoms with Gasteiger partial charge in [-0.15, -0.1) is 11.6 Å². The molecular weight excluding hydrogens is 164 g/mol. The average molecular weight is 179 g/mol. The number of esters is 1. The molecule has 0 fully saturated rings. The maximum Gasteiger partial charge on any atom is 0.307 e. The Bertz CT molecular complexity index is 113. The van der Waals surface area contributed by atoms with Crippen LogP contribution in [0.15, 0.2) is 0 Å². The summed E-state index contributed by atoms with van der Waals surface area (Å²) in [7, 11) is 0. The van der Waals surface area contributed by atoms with Gasteiger partial charge in [0.2, 0.25) is 0 Å². The fourth-order valence-corrected chi connectivity index (χ4v) is 0.745. The zero-order chi connectivity index (χ0) is 8.69. The maximum atomic E-state index is 10.8. The lowest BCUT2D eigenvalue weighted by Gasteiger charge is -2.03. The van der Waals surface area contributed by atoms with E-state index in [9.17, 15) is 4.79 Å². The fraction of sp³-hybridized carbons (Fsp3) is 0.875. The number of alkyl halides is 1. The minimum atomic E-state index is -0.194. The number of hydrogen-bond acceptors (Lipinski definition) is 2. The highest BCUT2D eigenvalue weighted by Crippen LogP contribution is 2.01. The van der Waals surface area contributed by atoms with E-state index in [1.807, 2.05) is 0 Å². The highest BCUT2D eigenvalue weighted by atomic mass is 35.5. The highest BCUT2D eigenvalue weighted by Gasteiger charge is 2.06. The molecule has 11 heavy (non-hydrogen) atoms. The molecule has 0 N–H and O–H groups in total. The molecule has 0 spiro atoms. The minimum absolute atomic E-state index is 0.121. The number of carbonyl (C=O) groups is 1. The van der Waals surface area contributed by atoms with Crippen LogP contribution in [0.4, 0.5) is 0 Å². The monoisotopic (exact) mass is 178 g/mol. The number of rotatable bonds is 5. The molecule has 0 aliphatic rings. The highest BCUT2D eigenvalue weighted by molar-refractivity contribution is 6.21. The lowest BCUT2D eigenvalue weighted by atomic mass is 10.3. The summed E-state index contributed by atoms with van der Waals surface area (Å²) in [6.45, 7) is 4.36. The van der Waals surface area contributed by atoms with Crippen LogP contribution in [0, 0.1) is 0 Å². The van der Waals surface area contributed by atoms with Crippen molar-refractivity contribution >= 4 is 17.6 Å². The molecule has 1 unspecified atom stereocenters. The predicted octanol–water partition coefficient (Wildman–Crippen LogP) is 2.35. The van der Waals surface area contributed by atoms with Gasteiger partial charge in [0.1, 0.15) is 0 Å². The van der Waals surface area contributed by atoms with Crippen molar-refractivity contribution in [3.8, 4) is 0 Å². The van der Waals surface area contributed by atoms with E-state index < -0.39 is 0 Å². The van der Waals surface area contributed by atoms with E-state index in [0.29, 0.717) is 13.0 Å². The summed E-state index contributed by atoms with van der Waals surface area (Å²) in [5, 5.41) is -0.121. The van der Waals surface area contributed by atoms with Crippen LogP contribution in [-0.4, -0.2) is 18.0 Å². The maximum absolute atomic E-state index is 10.8. The first kappa shape index (κ1) is 10.8.